The van der Waals surface area contributed by atoms with Gasteiger partial charge in [-0.05, 0) is 83.5 Å². The quantitative estimate of drug-likeness (QED) is 0.0272. The van der Waals surface area contributed by atoms with Crippen LogP contribution < -0.4 is 10.2 Å². The number of nitrogens with zero attached hydrogens (tertiary/aromatic N) is 1. The smallest absolute Gasteiger partial charge is 0.268 e. The van der Waals surface area contributed by atoms with Crippen molar-refractivity contribution in [2.75, 3.05) is 40.9 Å². The SMILES string of the molecule is CCCCCCC/C=C\C/C=C\C/C=C\CCCCCCCCCCCCCCCCC(=O)NC(COP(=O)([O-])OCC[N+](C)(C)C)C(O)/C=C/CC/C=C/CC/C=C/CCCCCCCCCCCCCCCCCCCCCCC. The fraction of sp³-hybridized carbons (Fsp3) is 0.822. The molecular formula is C73H137N2O6P. The van der Waals surface area contributed by atoms with Crippen LogP contribution in [0.15, 0.2) is 72.9 Å². The molecule has 9 heteroatoms. The zero-order valence-electron chi connectivity index (χ0n) is 54.9. The maximum Gasteiger partial charge on any atom is 0.268 e. The van der Waals surface area contributed by atoms with E-state index in [0.717, 1.165) is 57.8 Å². The molecule has 8 nitrogen and oxygen atoms in total. The molecule has 480 valence electrons. The van der Waals surface area contributed by atoms with Crippen molar-refractivity contribution in [3.63, 3.8) is 0 Å². The van der Waals surface area contributed by atoms with E-state index in [0.29, 0.717) is 17.4 Å². The lowest BCUT2D eigenvalue weighted by atomic mass is 10.0. The average molecular weight is 1170 g/mol. The largest absolute Gasteiger partial charge is 0.756 e. The predicted octanol–water partition coefficient (Wildman–Crippen LogP) is 21.9. The number of aliphatic hydroxyl groups is 1. The third kappa shape index (κ3) is 65.5. The van der Waals surface area contributed by atoms with E-state index < -0.39 is 26.6 Å². The lowest BCUT2D eigenvalue weighted by Gasteiger charge is -2.29. The van der Waals surface area contributed by atoms with Crippen molar-refractivity contribution in [3.8, 4) is 0 Å². The first-order valence-electron chi connectivity index (χ1n) is 35.3. The van der Waals surface area contributed by atoms with E-state index in [1.165, 1.54) is 257 Å². The van der Waals surface area contributed by atoms with Crippen LogP contribution in [-0.2, 0) is 18.4 Å². The number of carbonyl (C=O) groups is 1. The van der Waals surface area contributed by atoms with E-state index in [2.05, 4.69) is 79.9 Å². The van der Waals surface area contributed by atoms with Gasteiger partial charge < -0.3 is 28.8 Å². The summed E-state index contributed by atoms with van der Waals surface area (Å²) < 4.78 is 23.4. The minimum Gasteiger partial charge on any atom is -0.756 e. The zero-order valence-corrected chi connectivity index (χ0v) is 55.8. The molecule has 0 aliphatic heterocycles. The molecule has 0 bridgehead atoms. The molecule has 3 unspecified atom stereocenters. The molecule has 2 N–H and O–H groups in total. The Kier molecular flexibility index (Phi) is 61.8. The third-order valence-corrected chi connectivity index (χ3v) is 16.8. The number of hydrogen-bond donors (Lipinski definition) is 2. The van der Waals surface area contributed by atoms with Crippen molar-refractivity contribution in [2.24, 2.45) is 0 Å². The molecule has 0 saturated carbocycles. The van der Waals surface area contributed by atoms with E-state index in [4.69, 9.17) is 9.05 Å². The molecule has 0 aromatic rings. The number of unbranched alkanes of at least 4 members (excludes halogenated alkanes) is 42. The Morgan fingerprint density at radius 1 is 0.427 bits per heavy atom. The van der Waals surface area contributed by atoms with Crippen LogP contribution in [0, 0.1) is 0 Å². The van der Waals surface area contributed by atoms with Gasteiger partial charge in [0.05, 0.1) is 39.9 Å². The van der Waals surface area contributed by atoms with Crippen molar-refractivity contribution in [3.05, 3.63) is 72.9 Å². The Morgan fingerprint density at radius 3 is 1.07 bits per heavy atom. The van der Waals surface area contributed by atoms with Crippen LogP contribution in [0.4, 0.5) is 0 Å². The van der Waals surface area contributed by atoms with E-state index in [1.54, 1.807) is 6.08 Å². The number of phosphoric acid groups is 1. The lowest BCUT2D eigenvalue weighted by molar-refractivity contribution is -0.870. The molecule has 3 atom stereocenters. The summed E-state index contributed by atoms with van der Waals surface area (Å²) in [6.07, 6.45) is 88.9. The van der Waals surface area contributed by atoms with Crippen LogP contribution in [-0.4, -0.2) is 68.5 Å². The minimum atomic E-state index is -4.62. The van der Waals surface area contributed by atoms with Crippen LogP contribution in [0.25, 0.3) is 0 Å². The highest BCUT2D eigenvalue weighted by atomic mass is 31.2. The summed E-state index contributed by atoms with van der Waals surface area (Å²) in [5.41, 5.74) is 0. The first kappa shape index (κ1) is 79.9. The number of nitrogens with one attached hydrogen (secondary N) is 1. The van der Waals surface area contributed by atoms with Gasteiger partial charge in [0.1, 0.15) is 13.2 Å². The highest BCUT2D eigenvalue weighted by molar-refractivity contribution is 7.45. The van der Waals surface area contributed by atoms with E-state index >= 15 is 0 Å². The van der Waals surface area contributed by atoms with Gasteiger partial charge in [-0.1, -0.05) is 318 Å². The topological polar surface area (TPSA) is 108 Å². The Bertz CT molecular complexity index is 1570. The van der Waals surface area contributed by atoms with Crippen LogP contribution >= 0.6 is 7.82 Å². The summed E-state index contributed by atoms with van der Waals surface area (Å²) >= 11 is 0. The Labute approximate surface area is 510 Å². The molecular weight excluding hydrogens is 1030 g/mol. The first-order chi connectivity index (χ1) is 40.0. The predicted molar refractivity (Wildman–Crippen MR) is 357 cm³/mol. The summed E-state index contributed by atoms with van der Waals surface area (Å²) in [7, 11) is 1.24. The Balaban J connectivity index is 4.14. The van der Waals surface area contributed by atoms with Gasteiger partial charge in [-0.15, -0.1) is 0 Å². The molecule has 0 radical (unpaired) electrons. The number of amides is 1. The number of allylic oxidation sites excluding steroid dienone is 11. The molecule has 0 aliphatic carbocycles. The number of phosphoric ester groups is 1. The van der Waals surface area contributed by atoms with Crippen molar-refractivity contribution in [2.45, 2.75) is 347 Å². The first-order valence-corrected chi connectivity index (χ1v) is 36.8. The minimum absolute atomic E-state index is 0.0108. The van der Waals surface area contributed by atoms with Gasteiger partial charge in [-0.3, -0.25) is 9.36 Å². The molecule has 82 heavy (non-hydrogen) atoms. The second-order valence-corrected chi connectivity index (χ2v) is 26.6. The van der Waals surface area contributed by atoms with Crippen molar-refractivity contribution in [1.29, 1.82) is 0 Å². The monoisotopic (exact) mass is 1170 g/mol. The summed E-state index contributed by atoms with van der Waals surface area (Å²) in [4.78, 5) is 25.6. The van der Waals surface area contributed by atoms with Crippen LogP contribution in [0.3, 0.4) is 0 Å². The second kappa shape index (κ2) is 63.4. The molecule has 0 saturated heterocycles. The summed E-state index contributed by atoms with van der Waals surface area (Å²) in [6, 6.07) is -0.915. The number of rotatable bonds is 65. The molecule has 0 heterocycles. The average Bonchev–Trinajstić information content (AvgIpc) is 3.47. The maximum atomic E-state index is 13.0. The highest BCUT2D eigenvalue weighted by Gasteiger charge is 2.23. The molecule has 0 spiro atoms. The Hall–Kier alpha value is -2.06. The number of aliphatic hydroxyl groups excluding tert-OH is 1. The fourth-order valence-electron chi connectivity index (χ4n) is 10.4. The van der Waals surface area contributed by atoms with Gasteiger partial charge in [-0.25, -0.2) is 0 Å². The lowest BCUT2D eigenvalue weighted by Crippen LogP contribution is -2.45. The summed E-state index contributed by atoms with van der Waals surface area (Å²) in [5, 5.41) is 13.9. The summed E-state index contributed by atoms with van der Waals surface area (Å²) in [6.45, 7) is 4.65. The molecule has 0 rings (SSSR count). The molecule has 1 amide bonds. The zero-order chi connectivity index (χ0) is 59.8. The van der Waals surface area contributed by atoms with Crippen LogP contribution in [0.1, 0.15) is 335 Å². The standard InChI is InChI=1S/C73H137N2O6P/c1-6-8-10-12-14-16-18-20-22-24-26-28-30-32-34-36-37-39-40-42-44-46-48-50-52-54-56-58-60-62-64-66-72(76)71(70-81-82(78,79)80-69-68-75(3,4)5)74-73(77)67-65-63-61-59-57-55-53-51-49-47-45-43-41-38-35-33-31-29-27-25-23-21-19-17-15-13-11-9-7-2/h19,21,25,27,31,33,48,50,56,58,64,66,71-72,76H,6-18,20,22-24,26,28-30,32,34-47,49,51-55,57,59-63,65,67-70H2,1-5H3,(H-,74,77,78,79)/b21-19-,27-25-,33-31-,50-48+,58-56+,66-64+. The van der Waals surface area contributed by atoms with Gasteiger partial charge in [-0.2, -0.15) is 0 Å². The molecule has 0 aromatic carbocycles. The Morgan fingerprint density at radius 2 is 0.720 bits per heavy atom. The number of carbonyl (C=O) groups excluding carboxylic acids is 1. The maximum absolute atomic E-state index is 13.0. The molecule has 0 fully saturated rings. The highest BCUT2D eigenvalue weighted by Crippen LogP contribution is 2.38. The normalized spacial score (nSPS) is 14.1. The van der Waals surface area contributed by atoms with Gasteiger partial charge in [0, 0.05) is 6.42 Å². The number of hydrogen-bond acceptors (Lipinski definition) is 6. The van der Waals surface area contributed by atoms with E-state index in [9.17, 15) is 19.4 Å². The van der Waals surface area contributed by atoms with Crippen LogP contribution in [0.5, 0.6) is 0 Å². The van der Waals surface area contributed by atoms with Crippen molar-refractivity contribution >= 4 is 13.7 Å². The fourth-order valence-corrected chi connectivity index (χ4v) is 11.1. The van der Waals surface area contributed by atoms with Gasteiger partial charge in [0.15, 0.2) is 0 Å². The number of likely N-dealkylation sites (N-methyl/N-ethyl adjacent to an activating group) is 1. The molecule has 0 aliphatic rings. The van der Waals surface area contributed by atoms with Gasteiger partial charge >= 0.3 is 0 Å². The van der Waals surface area contributed by atoms with Gasteiger partial charge in [0.2, 0.25) is 5.91 Å². The van der Waals surface area contributed by atoms with Crippen molar-refractivity contribution < 1.29 is 32.9 Å². The summed E-state index contributed by atoms with van der Waals surface area (Å²) in [5.74, 6) is -0.210. The van der Waals surface area contributed by atoms with Crippen molar-refractivity contribution in [1.82, 2.24) is 5.32 Å². The van der Waals surface area contributed by atoms with Crippen LogP contribution in [0.2, 0.25) is 0 Å². The molecule has 0 aromatic heterocycles. The third-order valence-electron chi connectivity index (χ3n) is 15.9. The van der Waals surface area contributed by atoms with E-state index in [-0.39, 0.29) is 12.5 Å². The van der Waals surface area contributed by atoms with Gasteiger partial charge in [0.25, 0.3) is 7.82 Å². The number of quaternary nitrogens is 1. The van der Waals surface area contributed by atoms with E-state index in [1.807, 2.05) is 27.2 Å². The second-order valence-electron chi connectivity index (χ2n) is 25.2.